The van der Waals surface area contributed by atoms with Gasteiger partial charge < -0.3 is 10.0 Å². The van der Waals surface area contributed by atoms with Crippen molar-refractivity contribution >= 4 is 23.3 Å². The minimum atomic E-state index is -1.03. The molecular weight excluding hydrogens is 222 g/mol. The lowest BCUT2D eigenvalue weighted by molar-refractivity contribution is -0.128. The smallest absolute Gasteiger partial charge is 0.335 e. The molecule has 5 nitrogen and oxygen atoms in total. The molecular formula is C12H11NO4. The predicted molar refractivity (Wildman–Crippen MR) is 60.0 cm³/mol. The maximum atomic E-state index is 11.6. The Morgan fingerprint density at radius 3 is 2.71 bits per heavy atom. The lowest BCUT2D eigenvalue weighted by Crippen LogP contribution is -2.39. The third-order valence-corrected chi connectivity index (χ3v) is 2.67. The van der Waals surface area contributed by atoms with Gasteiger partial charge >= 0.3 is 5.97 Å². The Hall–Kier alpha value is -2.17. The summed E-state index contributed by atoms with van der Waals surface area (Å²) in [7, 11) is 0. The van der Waals surface area contributed by atoms with E-state index in [-0.39, 0.29) is 23.7 Å². The highest BCUT2D eigenvalue weighted by molar-refractivity contribution is 6.08. The molecule has 1 fully saturated rings. The number of hydrogen-bond donors (Lipinski definition) is 1. The van der Waals surface area contributed by atoms with Gasteiger partial charge in [-0.25, -0.2) is 4.79 Å². The number of Topliss-reactive ketones (excluding diaryl/α,β-unsaturated/α-hetero) is 1. The van der Waals surface area contributed by atoms with Crippen LogP contribution in [-0.4, -0.2) is 29.3 Å². The van der Waals surface area contributed by atoms with Crippen LogP contribution in [0.3, 0.4) is 0 Å². The molecule has 1 saturated heterocycles. The van der Waals surface area contributed by atoms with E-state index in [9.17, 15) is 14.4 Å². The summed E-state index contributed by atoms with van der Waals surface area (Å²) in [6, 6.07) is 6.16. The van der Waals surface area contributed by atoms with Gasteiger partial charge in [-0.3, -0.25) is 9.59 Å². The Labute approximate surface area is 97.7 Å². The van der Waals surface area contributed by atoms with E-state index in [2.05, 4.69) is 0 Å². The topological polar surface area (TPSA) is 74.7 Å². The van der Waals surface area contributed by atoms with E-state index in [1.54, 1.807) is 12.1 Å². The molecule has 1 aromatic rings. The van der Waals surface area contributed by atoms with Crippen LogP contribution in [0.5, 0.6) is 0 Å². The van der Waals surface area contributed by atoms with Gasteiger partial charge in [0.2, 0.25) is 5.91 Å². The monoisotopic (exact) mass is 233 g/mol. The van der Waals surface area contributed by atoms with Gasteiger partial charge in [-0.1, -0.05) is 6.07 Å². The number of nitrogens with zero attached hydrogens (tertiary/aromatic N) is 1. The summed E-state index contributed by atoms with van der Waals surface area (Å²) in [4.78, 5) is 35.0. The molecule has 0 saturated carbocycles. The number of carboxylic acid groups (broad SMARTS) is 1. The molecule has 0 atom stereocenters. The van der Waals surface area contributed by atoms with Crippen molar-refractivity contribution in [3.05, 3.63) is 29.8 Å². The molecule has 0 radical (unpaired) electrons. The van der Waals surface area contributed by atoms with Crippen LogP contribution in [0.2, 0.25) is 0 Å². The van der Waals surface area contributed by atoms with Gasteiger partial charge in [0, 0.05) is 18.7 Å². The van der Waals surface area contributed by atoms with Crippen LogP contribution >= 0.6 is 0 Å². The third-order valence-electron chi connectivity index (χ3n) is 2.67. The normalized spacial score (nSPS) is 16.1. The van der Waals surface area contributed by atoms with Gasteiger partial charge in [-0.05, 0) is 18.2 Å². The fraction of sp³-hybridized carbons (Fsp3) is 0.250. The van der Waals surface area contributed by atoms with Crippen molar-refractivity contribution in [2.75, 3.05) is 11.4 Å². The molecule has 1 amide bonds. The minimum Gasteiger partial charge on any atom is -0.478 e. The van der Waals surface area contributed by atoms with Crippen LogP contribution in [0.1, 0.15) is 23.2 Å². The molecule has 0 bridgehead atoms. The van der Waals surface area contributed by atoms with Gasteiger partial charge in [0.15, 0.2) is 0 Å². The molecule has 0 unspecified atom stereocenters. The first-order chi connectivity index (χ1) is 8.08. The molecule has 1 heterocycles. The Kier molecular flexibility index (Phi) is 2.91. The van der Waals surface area contributed by atoms with Gasteiger partial charge in [-0.2, -0.15) is 0 Å². The van der Waals surface area contributed by atoms with E-state index < -0.39 is 5.97 Å². The second-order valence-electron chi connectivity index (χ2n) is 3.87. The molecule has 88 valence electrons. The van der Waals surface area contributed by atoms with E-state index in [1.807, 2.05) is 0 Å². The van der Waals surface area contributed by atoms with Crippen LogP contribution < -0.4 is 4.90 Å². The number of carbonyl (C=O) groups excluding carboxylic acids is 2. The first kappa shape index (κ1) is 11.3. The number of anilines is 1. The van der Waals surface area contributed by atoms with E-state index in [1.165, 1.54) is 17.0 Å². The quantitative estimate of drug-likeness (QED) is 0.775. The molecule has 1 aromatic carbocycles. The summed E-state index contributed by atoms with van der Waals surface area (Å²) in [5, 5.41) is 8.86. The lowest BCUT2D eigenvalue weighted by Gasteiger charge is -2.26. The molecule has 2 rings (SSSR count). The average Bonchev–Trinajstić information content (AvgIpc) is 2.29. The number of ketones is 1. The number of piperidine rings is 1. The maximum Gasteiger partial charge on any atom is 0.335 e. The van der Waals surface area contributed by atoms with Crippen molar-refractivity contribution in [1.82, 2.24) is 0 Å². The molecule has 0 aromatic heterocycles. The zero-order chi connectivity index (χ0) is 12.4. The Morgan fingerprint density at radius 2 is 2.06 bits per heavy atom. The summed E-state index contributed by atoms with van der Waals surface area (Å²) in [6.07, 6.45) is 0.223. The van der Waals surface area contributed by atoms with E-state index in [4.69, 9.17) is 5.11 Å². The van der Waals surface area contributed by atoms with Gasteiger partial charge in [-0.15, -0.1) is 0 Å². The predicted octanol–water partition coefficient (Wildman–Crippen LogP) is 1.08. The Morgan fingerprint density at radius 1 is 1.29 bits per heavy atom. The number of amides is 1. The molecule has 17 heavy (non-hydrogen) atoms. The average molecular weight is 233 g/mol. The number of benzene rings is 1. The molecule has 5 heteroatoms. The summed E-state index contributed by atoms with van der Waals surface area (Å²) < 4.78 is 0. The highest BCUT2D eigenvalue weighted by Crippen LogP contribution is 2.20. The molecule has 1 aliphatic rings. The maximum absolute atomic E-state index is 11.6. The number of rotatable bonds is 2. The first-order valence-corrected chi connectivity index (χ1v) is 5.23. The summed E-state index contributed by atoms with van der Waals surface area (Å²) in [6.45, 7) is 0.320. The molecule has 0 aliphatic carbocycles. The van der Waals surface area contributed by atoms with Crippen LogP contribution in [0.25, 0.3) is 0 Å². The van der Waals surface area contributed by atoms with Crippen LogP contribution in [-0.2, 0) is 9.59 Å². The molecule has 1 aliphatic heterocycles. The largest absolute Gasteiger partial charge is 0.478 e. The van der Waals surface area contributed by atoms with Crippen molar-refractivity contribution in [1.29, 1.82) is 0 Å². The number of carbonyl (C=O) groups is 3. The third kappa shape index (κ3) is 2.33. The van der Waals surface area contributed by atoms with Crippen molar-refractivity contribution in [3.63, 3.8) is 0 Å². The zero-order valence-electron chi connectivity index (χ0n) is 9.05. The fourth-order valence-electron chi connectivity index (χ4n) is 1.79. The highest BCUT2D eigenvalue weighted by atomic mass is 16.4. The fourth-order valence-corrected chi connectivity index (χ4v) is 1.79. The van der Waals surface area contributed by atoms with E-state index in [0.717, 1.165) is 0 Å². The molecule has 1 N–H and O–H groups in total. The number of carboxylic acids is 1. The minimum absolute atomic E-state index is 0.0689. The summed E-state index contributed by atoms with van der Waals surface area (Å²) in [5.41, 5.74) is 0.662. The number of hydrogen-bond acceptors (Lipinski definition) is 3. The van der Waals surface area contributed by atoms with E-state index in [0.29, 0.717) is 18.7 Å². The Bertz CT molecular complexity index is 495. The standard InChI is InChI=1S/C12H11NO4/c14-10-4-5-13(11(15)7-10)9-3-1-2-8(6-9)12(16)17/h1-3,6H,4-5,7H2,(H,16,17). The lowest BCUT2D eigenvalue weighted by atomic mass is 10.1. The number of aromatic carboxylic acids is 1. The zero-order valence-corrected chi connectivity index (χ0v) is 9.05. The van der Waals surface area contributed by atoms with Gasteiger partial charge in [0.05, 0.1) is 12.0 Å². The summed E-state index contributed by atoms with van der Waals surface area (Å²) >= 11 is 0. The van der Waals surface area contributed by atoms with Crippen molar-refractivity contribution in [2.24, 2.45) is 0 Å². The van der Waals surface area contributed by atoms with Crippen molar-refractivity contribution in [3.8, 4) is 0 Å². The van der Waals surface area contributed by atoms with Gasteiger partial charge in [0.1, 0.15) is 5.78 Å². The second-order valence-corrected chi connectivity index (χ2v) is 3.87. The molecule has 0 spiro atoms. The van der Waals surface area contributed by atoms with Crippen LogP contribution in [0, 0.1) is 0 Å². The van der Waals surface area contributed by atoms with Crippen molar-refractivity contribution < 1.29 is 19.5 Å². The second kappa shape index (κ2) is 4.37. The Balaban J connectivity index is 2.28. The SMILES string of the molecule is O=C1CCN(c2cccc(C(=O)O)c2)C(=O)C1. The van der Waals surface area contributed by atoms with Crippen LogP contribution in [0.4, 0.5) is 5.69 Å². The van der Waals surface area contributed by atoms with E-state index >= 15 is 0 Å². The van der Waals surface area contributed by atoms with Gasteiger partial charge in [0.25, 0.3) is 0 Å². The summed E-state index contributed by atoms with van der Waals surface area (Å²) in [5.74, 6) is -1.38. The van der Waals surface area contributed by atoms with Crippen molar-refractivity contribution in [2.45, 2.75) is 12.8 Å². The van der Waals surface area contributed by atoms with Crippen LogP contribution in [0.15, 0.2) is 24.3 Å². The first-order valence-electron chi connectivity index (χ1n) is 5.23. The highest BCUT2D eigenvalue weighted by Gasteiger charge is 2.25.